The predicted octanol–water partition coefficient (Wildman–Crippen LogP) is 6.09. The Bertz CT molecular complexity index is 1020. The molecule has 1 fully saturated rings. The lowest BCUT2D eigenvalue weighted by atomic mass is 9.70. The number of thiazole rings is 1. The zero-order valence-electron chi connectivity index (χ0n) is 16.9. The Balaban J connectivity index is 1.61. The van der Waals surface area contributed by atoms with Gasteiger partial charge in [-0.25, -0.2) is 15.0 Å². The van der Waals surface area contributed by atoms with Crippen LogP contribution >= 0.6 is 22.9 Å². The number of nitrogens with one attached hydrogen (secondary N) is 1. The number of aryl methyl sites for hydroxylation is 1. The van der Waals surface area contributed by atoms with Crippen molar-refractivity contribution >= 4 is 34.6 Å². The van der Waals surface area contributed by atoms with Crippen LogP contribution < -0.4 is 5.32 Å². The fourth-order valence-corrected chi connectivity index (χ4v) is 5.25. The van der Waals surface area contributed by atoms with Crippen molar-refractivity contribution < 1.29 is 5.11 Å². The fourth-order valence-electron chi connectivity index (χ4n) is 4.14. The van der Waals surface area contributed by atoms with E-state index in [1.165, 1.54) is 0 Å². The Hall–Kier alpha value is -2.02. The summed E-state index contributed by atoms with van der Waals surface area (Å²) in [5, 5.41) is 15.8. The van der Waals surface area contributed by atoms with Gasteiger partial charge in [0, 0.05) is 11.9 Å². The van der Waals surface area contributed by atoms with Crippen molar-refractivity contribution in [2.24, 2.45) is 5.41 Å². The van der Waals surface area contributed by atoms with Crippen LogP contribution in [0, 0.1) is 12.3 Å². The van der Waals surface area contributed by atoms with E-state index in [0.29, 0.717) is 11.0 Å². The largest absolute Gasteiger partial charge is 0.383 e. The van der Waals surface area contributed by atoms with E-state index in [4.69, 9.17) is 11.6 Å². The molecule has 152 valence electrons. The molecular formula is C22H25ClN4OS. The third kappa shape index (κ3) is 4.60. The molecule has 1 aromatic carbocycles. The van der Waals surface area contributed by atoms with Crippen molar-refractivity contribution in [3.63, 3.8) is 0 Å². The highest BCUT2D eigenvalue weighted by Crippen LogP contribution is 2.48. The van der Waals surface area contributed by atoms with Crippen LogP contribution in [0.25, 0.3) is 10.4 Å². The lowest BCUT2D eigenvalue weighted by Crippen LogP contribution is -2.36. The first-order valence-electron chi connectivity index (χ1n) is 9.78. The molecule has 29 heavy (non-hydrogen) atoms. The van der Waals surface area contributed by atoms with Crippen molar-refractivity contribution in [3.05, 3.63) is 52.4 Å². The number of rotatable bonds is 4. The van der Waals surface area contributed by atoms with Crippen molar-refractivity contribution in [1.29, 1.82) is 0 Å². The molecular weight excluding hydrogens is 404 g/mol. The molecule has 1 atom stereocenters. The number of hydrogen-bond donors (Lipinski definition) is 2. The molecule has 1 aliphatic rings. The monoisotopic (exact) mass is 428 g/mol. The highest BCUT2D eigenvalue weighted by molar-refractivity contribution is 7.15. The highest BCUT2D eigenvalue weighted by Gasteiger charge is 2.41. The maximum absolute atomic E-state index is 11.3. The second-order valence-corrected chi connectivity index (χ2v) is 10.2. The number of benzene rings is 1. The van der Waals surface area contributed by atoms with Crippen molar-refractivity contribution in [1.82, 2.24) is 15.0 Å². The summed E-state index contributed by atoms with van der Waals surface area (Å²) in [7, 11) is 0. The number of aliphatic hydroxyl groups is 1. The van der Waals surface area contributed by atoms with Gasteiger partial charge in [-0.15, -0.1) is 11.3 Å². The Morgan fingerprint density at radius 3 is 2.55 bits per heavy atom. The van der Waals surface area contributed by atoms with Crippen molar-refractivity contribution in [2.75, 3.05) is 5.32 Å². The summed E-state index contributed by atoms with van der Waals surface area (Å²) in [5.41, 5.74) is 2.38. The molecule has 1 aliphatic carbocycles. The lowest BCUT2D eigenvalue weighted by Gasteiger charge is -2.40. The SMILES string of the molecule is Cc1cc(Nc2ncc(Cl)cn2)cc(-c2cnc(C3(O)CCCC(C)(C)C3)s2)c1. The average Bonchev–Trinajstić information content (AvgIpc) is 3.13. The van der Waals surface area contributed by atoms with Gasteiger partial charge in [-0.2, -0.15) is 0 Å². The summed E-state index contributed by atoms with van der Waals surface area (Å²) in [5.74, 6) is 0.495. The average molecular weight is 429 g/mol. The molecule has 1 saturated carbocycles. The van der Waals surface area contributed by atoms with E-state index >= 15 is 0 Å². The minimum Gasteiger partial charge on any atom is -0.383 e. The summed E-state index contributed by atoms with van der Waals surface area (Å²) in [6.45, 7) is 6.50. The van der Waals surface area contributed by atoms with E-state index in [1.54, 1.807) is 23.7 Å². The molecule has 3 aromatic rings. The molecule has 0 radical (unpaired) electrons. The van der Waals surface area contributed by atoms with E-state index in [9.17, 15) is 5.11 Å². The molecule has 0 bridgehead atoms. The third-order valence-electron chi connectivity index (χ3n) is 5.36. The van der Waals surface area contributed by atoms with Gasteiger partial charge in [0.15, 0.2) is 0 Å². The molecule has 2 N–H and O–H groups in total. The maximum Gasteiger partial charge on any atom is 0.227 e. The van der Waals surface area contributed by atoms with Gasteiger partial charge in [0.2, 0.25) is 5.95 Å². The molecule has 4 rings (SSSR count). The van der Waals surface area contributed by atoms with Gasteiger partial charge in [-0.3, -0.25) is 0 Å². The predicted molar refractivity (Wildman–Crippen MR) is 119 cm³/mol. The molecule has 5 nitrogen and oxygen atoms in total. The second-order valence-electron chi connectivity index (χ2n) is 8.69. The minimum absolute atomic E-state index is 0.137. The summed E-state index contributed by atoms with van der Waals surface area (Å²) >= 11 is 7.44. The Morgan fingerprint density at radius 1 is 1.07 bits per heavy atom. The molecule has 0 spiro atoms. The van der Waals surface area contributed by atoms with Crippen LogP contribution in [0.2, 0.25) is 5.02 Å². The topological polar surface area (TPSA) is 70.9 Å². The number of anilines is 2. The summed E-state index contributed by atoms with van der Waals surface area (Å²) in [6, 6.07) is 6.22. The first-order chi connectivity index (χ1) is 13.7. The molecule has 0 saturated heterocycles. The van der Waals surface area contributed by atoms with Gasteiger partial charge in [0.25, 0.3) is 0 Å². The van der Waals surface area contributed by atoms with Crippen LogP contribution in [0.4, 0.5) is 11.6 Å². The van der Waals surface area contributed by atoms with Crippen LogP contribution in [0.1, 0.15) is 50.1 Å². The normalized spacial score (nSPS) is 21.1. The van der Waals surface area contributed by atoms with Gasteiger partial charge < -0.3 is 10.4 Å². The number of aromatic nitrogens is 3. The lowest BCUT2D eigenvalue weighted by molar-refractivity contribution is -0.0441. The van der Waals surface area contributed by atoms with Gasteiger partial charge in [-0.05, 0) is 61.3 Å². The Labute approximate surface area is 180 Å². The first kappa shape index (κ1) is 20.3. The number of nitrogens with zero attached hydrogens (tertiary/aromatic N) is 3. The van der Waals surface area contributed by atoms with Gasteiger partial charge in [-0.1, -0.05) is 31.5 Å². The number of hydrogen-bond acceptors (Lipinski definition) is 6. The van der Waals surface area contributed by atoms with E-state index in [2.05, 4.69) is 53.2 Å². The smallest absolute Gasteiger partial charge is 0.227 e. The molecule has 7 heteroatoms. The van der Waals surface area contributed by atoms with Crippen LogP contribution in [-0.4, -0.2) is 20.1 Å². The van der Waals surface area contributed by atoms with E-state index in [-0.39, 0.29) is 5.41 Å². The van der Waals surface area contributed by atoms with Gasteiger partial charge >= 0.3 is 0 Å². The van der Waals surface area contributed by atoms with E-state index < -0.39 is 5.60 Å². The second kappa shape index (κ2) is 7.67. The Morgan fingerprint density at radius 2 is 1.83 bits per heavy atom. The van der Waals surface area contributed by atoms with Gasteiger partial charge in [0.1, 0.15) is 10.6 Å². The molecule has 2 heterocycles. The summed E-state index contributed by atoms with van der Waals surface area (Å²) in [4.78, 5) is 14.1. The van der Waals surface area contributed by atoms with Crippen LogP contribution in [-0.2, 0) is 5.60 Å². The third-order valence-corrected chi connectivity index (χ3v) is 6.79. The fraction of sp³-hybridized carbons (Fsp3) is 0.409. The van der Waals surface area contributed by atoms with Crippen LogP contribution in [0.5, 0.6) is 0 Å². The molecule has 2 aromatic heterocycles. The first-order valence-corrected chi connectivity index (χ1v) is 11.0. The summed E-state index contributed by atoms with van der Waals surface area (Å²) in [6.07, 6.45) is 8.70. The minimum atomic E-state index is -0.827. The maximum atomic E-state index is 11.3. The van der Waals surface area contributed by atoms with Crippen molar-refractivity contribution in [2.45, 2.75) is 52.1 Å². The quantitative estimate of drug-likeness (QED) is 0.525. The molecule has 0 aliphatic heterocycles. The standard InChI is InChI=1S/C22H25ClN4OS/c1-14-7-15(9-17(8-14)27-20-25-10-16(23)11-26-20)18-12-24-19(29-18)22(28)6-4-5-21(2,3)13-22/h7-12,28H,4-6,13H2,1-3H3,(H,25,26,27). The van der Waals surface area contributed by atoms with E-state index in [1.807, 2.05) is 12.3 Å². The zero-order chi connectivity index (χ0) is 20.6. The van der Waals surface area contributed by atoms with Crippen LogP contribution in [0.3, 0.4) is 0 Å². The molecule has 0 amide bonds. The number of halogens is 1. The van der Waals surface area contributed by atoms with Gasteiger partial charge in [0.05, 0.1) is 22.3 Å². The summed E-state index contributed by atoms with van der Waals surface area (Å²) < 4.78 is 0. The van der Waals surface area contributed by atoms with E-state index in [0.717, 1.165) is 52.4 Å². The molecule has 1 unspecified atom stereocenters. The Kier molecular flexibility index (Phi) is 5.36. The zero-order valence-corrected chi connectivity index (χ0v) is 18.4. The van der Waals surface area contributed by atoms with Crippen LogP contribution in [0.15, 0.2) is 36.8 Å². The highest BCUT2D eigenvalue weighted by atomic mass is 35.5. The van der Waals surface area contributed by atoms with Crippen molar-refractivity contribution in [3.8, 4) is 10.4 Å².